The number of allylic oxidation sites excluding steroid dienone is 2. The van der Waals surface area contributed by atoms with Crippen molar-refractivity contribution in [2.45, 2.75) is 32.3 Å². The average molecular weight is 324 g/mol. The quantitative estimate of drug-likeness (QED) is 0.399. The summed E-state index contributed by atoms with van der Waals surface area (Å²) < 4.78 is 85.2. The van der Waals surface area contributed by atoms with Gasteiger partial charge in [-0.25, -0.2) is 8.78 Å². The fraction of sp³-hybridized carbons (Fsp3) is 0.333. The van der Waals surface area contributed by atoms with Crippen LogP contribution in [0.1, 0.15) is 18.1 Å². The summed E-state index contributed by atoms with van der Waals surface area (Å²) in [5.41, 5.74) is -1.45. The molecule has 0 fully saturated rings. The lowest BCUT2D eigenvalue weighted by Crippen LogP contribution is -2.43. The van der Waals surface area contributed by atoms with Gasteiger partial charge < -0.3 is 4.74 Å². The Morgan fingerprint density at radius 1 is 1.05 bits per heavy atom. The van der Waals surface area contributed by atoms with Crippen LogP contribution in [-0.2, 0) is 11.3 Å². The van der Waals surface area contributed by atoms with Crippen LogP contribution in [0.25, 0.3) is 0 Å². The number of rotatable bonds is 6. The molecule has 0 amide bonds. The van der Waals surface area contributed by atoms with Crippen LogP contribution in [0.2, 0.25) is 0 Å². The molecule has 1 aromatic rings. The van der Waals surface area contributed by atoms with Crippen molar-refractivity contribution >= 4 is 0 Å². The Hall–Kier alpha value is -1.92. The molecule has 0 radical (unpaired) electrons. The van der Waals surface area contributed by atoms with Crippen molar-refractivity contribution in [2.75, 3.05) is 0 Å². The molecule has 122 valence electrons. The first-order valence-electron chi connectivity index (χ1n) is 6.10. The molecular formula is C15H14F6O. The van der Waals surface area contributed by atoms with E-state index in [2.05, 4.69) is 17.9 Å². The highest BCUT2D eigenvalue weighted by molar-refractivity contribution is 5.25. The highest BCUT2D eigenvalue weighted by Crippen LogP contribution is 2.44. The first-order chi connectivity index (χ1) is 9.92. The maximum absolute atomic E-state index is 13.6. The Morgan fingerprint density at radius 2 is 1.59 bits per heavy atom. The summed E-state index contributed by atoms with van der Waals surface area (Å²) in [6.07, 6.45) is 0. The highest BCUT2D eigenvalue weighted by atomic mass is 19.3. The average Bonchev–Trinajstić information content (AvgIpc) is 2.43. The highest BCUT2D eigenvalue weighted by Gasteiger charge is 2.60. The van der Waals surface area contributed by atoms with Crippen LogP contribution in [0.4, 0.5) is 26.3 Å². The Morgan fingerprint density at radius 3 is 2.09 bits per heavy atom. The zero-order chi connectivity index (χ0) is 17.3. The third-order valence-corrected chi connectivity index (χ3v) is 3.04. The number of halogens is 6. The molecule has 0 saturated carbocycles. The van der Waals surface area contributed by atoms with E-state index in [1.54, 1.807) is 0 Å². The smallest absolute Gasteiger partial charge is 0.369 e. The van der Waals surface area contributed by atoms with Gasteiger partial charge in [-0.05, 0) is 25.0 Å². The molecule has 0 heterocycles. The second-order valence-corrected chi connectivity index (χ2v) is 4.81. The molecule has 0 bridgehead atoms. The van der Waals surface area contributed by atoms with Gasteiger partial charge in [0.1, 0.15) is 6.61 Å². The van der Waals surface area contributed by atoms with E-state index < -0.39 is 47.0 Å². The summed E-state index contributed by atoms with van der Waals surface area (Å²) in [5.74, 6) is -13.3. The minimum absolute atomic E-state index is 0.0132. The Balaban J connectivity index is 2.91. The number of alkyl halides is 4. The van der Waals surface area contributed by atoms with Gasteiger partial charge in [-0.2, -0.15) is 17.6 Å². The predicted molar refractivity (Wildman–Crippen MR) is 69.7 cm³/mol. The summed E-state index contributed by atoms with van der Waals surface area (Å²) in [4.78, 5) is 0. The van der Waals surface area contributed by atoms with E-state index in [4.69, 9.17) is 0 Å². The van der Waals surface area contributed by atoms with Gasteiger partial charge in [0, 0.05) is 5.56 Å². The van der Waals surface area contributed by atoms with Gasteiger partial charge in [-0.3, -0.25) is 0 Å². The van der Waals surface area contributed by atoms with Crippen molar-refractivity contribution in [1.29, 1.82) is 0 Å². The molecule has 7 heteroatoms. The van der Waals surface area contributed by atoms with Gasteiger partial charge >= 0.3 is 11.8 Å². The molecule has 0 N–H and O–H groups in total. The zero-order valence-electron chi connectivity index (χ0n) is 12.0. The lowest BCUT2D eigenvalue weighted by molar-refractivity contribution is -0.183. The second kappa shape index (κ2) is 6.06. The van der Waals surface area contributed by atoms with E-state index in [9.17, 15) is 26.3 Å². The van der Waals surface area contributed by atoms with E-state index in [0.717, 1.165) is 13.0 Å². The molecule has 0 spiro atoms. The standard InChI is InChI=1S/C15H14F6O/c1-8(2)14(18,19)15(20,21)10(4)22-7-11-6-5-9(3)12(16)13(11)17/h5-6H,1,4,7H2,2-3H3. The maximum Gasteiger partial charge on any atom is 0.369 e. The molecule has 0 aromatic heterocycles. The topological polar surface area (TPSA) is 9.23 Å². The first kappa shape index (κ1) is 18.1. The van der Waals surface area contributed by atoms with E-state index in [1.165, 1.54) is 13.0 Å². The number of hydrogen-bond acceptors (Lipinski definition) is 1. The Labute approximate surface area is 123 Å². The number of ether oxygens (including phenoxy) is 1. The molecule has 0 aliphatic rings. The van der Waals surface area contributed by atoms with Crippen LogP contribution < -0.4 is 0 Å². The third kappa shape index (κ3) is 3.13. The van der Waals surface area contributed by atoms with Crippen molar-refractivity contribution in [1.82, 2.24) is 0 Å². The van der Waals surface area contributed by atoms with Gasteiger partial charge in [-0.15, -0.1) is 0 Å². The van der Waals surface area contributed by atoms with Crippen molar-refractivity contribution < 1.29 is 31.1 Å². The van der Waals surface area contributed by atoms with Crippen LogP contribution in [0.5, 0.6) is 0 Å². The van der Waals surface area contributed by atoms with Gasteiger partial charge in [0.05, 0.1) is 0 Å². The van der Waals surface area contributed by atoms with Gasteiger partial charge in [0.25, 0.3) is 0 Å². The van der Waals surface area contributed by atoms with Crippen LogP contribution in [0, 0.1) is 18.6 Å². The van der Waals surface area contributed by atoms with Gasteiger partial charge in [0.2, 0.25) is 0 Å². The molecule has 1 nitrogen and oxygen atoms in total. The Bertz CT molecular complexity index is 606. The molecule has 0 unspecified atom stereocenters. The lowest BCUT2D eigenvalue weighted by atomic mass is 10.0. The molecule has 1 aromatic carbocycles. The summed E-state index contributed by atoms with van der Waals surface area (Å²) in [6.45, 7) is 6.73. The molecule has 0 atom stereocenters. The van der Waals surface area contributed by atoms with E-state index in [0.29, 0.717) is 0 Å². The van der Waals surface area contributed by atoms with E-state index >= 15 is 0 Å². The van der Waals surface area contributed by atoms with Crippen LogP contribution in [0.3, 0.4) is 0 Å². The SMILES string of the molecule is C=C(C)C(F)(F)C(F)(F)C(=C)OCc1ccc(C)c(F)c1F. The second-order valence-electron chi connectivity index (χ2n) is 4.81. The largest absolute Gasteiger partial charge is 0.487 e. The first-order valence-corrected chi connectivity index (χ1v) is 6.10. The molecular weight excluding hydrogens is 310 g/mol. The fourth-order valence-electron chi connectivity index (χ4n) is 1.50. The van der Waals surface area contributed by atoms with Crippen molar-refractivity contribution in [2.24, 2.45) is 0 Å². The van der Waals surface area contributed by atoms with Gasteiger partial charge in [-0.1, -0.05) is 25.3 Å². The minimum atomic E-state index is -4.72. The van der Waals surface area contributed by atoms with E-state index in [-0.39, 0.29) is 5.56 Å². The van der Waals surface area contributed by atoms with Gasteiger partial charge in [0.15, 0.2) is 17.4 Å². The molecule has 1 rings (SSSR count). The van der Waals surface area contributed by atoms with Crippen LogP contribution >= 0.6 is 0 Å². The number of hydrogen-bond donors (Lipinski definition) is 0. The molecule has 0 saturated heterocycles. The monoisotopic (exact) mass is 324 g/mol. The summed E-state index contributed by atoms with van der Waals surface area (Å²) in [7, 11) is 0. The summed E-state index contributed by atoms with van der Waals surface area (Å²) in [5, 5.41) is 0. The molecule has 0 aliphatic heterocycles. The lowest BCUT2D eigenvalue weighted by Gasteiger charge is -2.28. The molecule has 22 heavy (non-hydrogen) atoms. The van der Waals surface area contributed by atoms with Crippen LogP contribution in [0.15, 0.2) is 36.6 Å². The van der Waals surface area contributed by atoms with Crippen molar-refractivity contribution in [3.63, 3.8) is 0 Å². The molecule has 0 aliphatic carbocycles. The number of benzene rings is 1. The van der Waals surface area contributed by atoms with Crippen LogP contribution in [-0.4, -0.2) is 11.8 Å². The fourth-order valence-corrected chi connectivity index (χ4v) is 1.50. The minimum Gasteiger partial charge on any atom is -0.487 e. The maximum atomic E-state index is 13.6. The third-order valence-electron chi connectivity index (χ3n) is 3.04. The van der Waals surface area contributed by atoms with Crippen molar-refractivity contribution in [3.8, 4) is 0 Å². The zero-order valence-corrected chi connectivity index (χ0v) is 12.0. The Kier molecular flexibility index (Phi) is 4.99. The summed E-state index contributed by atoms with van der Waals surface area (Å²) >= 11 is 0. The number of aryl methyl sites for hydroxylation is 1. The predicted octanol–water partition coefficient (Wildman–Crippen LogP) is 5.15. The summed E-state index contributed by atoms with van der Waals surface area (Å²) in [6, 6.07) is 2.32. The van der Waals surface area contributed by atoms with E-state index in [1.807, 2.05) is 0 Å². The van der Waals surface area contributed by atoms with Crippen molar-refractivity contribution in [3.05, 3.63) is 59.4 Å². The normalized spacial score (nSPS) is 12.2.